The highest BCUT2D eigenvalue weighted by Crippen LogP contribution is 2.17. The van der Waals surface area contributed by atoms with Crippen molar-refractivity contribution in [1.29, 1.82) is 0 Å². The number of piperidine rings is 1. The summed E-state index contributed by atoms with van der Waals surface area (Å²) in [5.41, 5.74) is 6.10. The van der Waals surface area contributed by atoms with E-state index in [-0.39, 0.29) is 0 Å². The molecule has 0 saturated carbocycles. The molecule has 19 heavy (non-hydrogen) atoms. The summed E-state index contributed by atoms with van der Waals surface area (Å²) in [6, 6.07) is 0. The Kier molecular flexibility index (Phi) is 6.31. The number of thioether (sulfide) groups is 1. The van der Waals surface area contributed by atoms with E-state index < -0.39 is 0 Å². The van der Waals surface area contributed by atoms with Crippen LogP contribution in [-0.4, -0.2) is 66.5 Å². The molecule has 2 N–H and O–H groups in total. The number of guanidine groups is 1. The van der Waals surface area contributed by atoms with Crippen molar-refractivity contribution in [3.8, 4) is 0 Å². The Labute approximate surface area is 121 Å². The van der Waals surface area contributed by atoms with Gasteiger partial charge in [0.05, 0.1) is 0 Å². The monoisotopic (exact) mass is 284 g/mol. The lowest BCUT2D eigenvalue weighted by molar-refractivity contribution is 0.188. The molecule has 4 nitrogen and oxygen atoms in total. The van der Waals surface area contributed by atoms with Gasteiger partial charge in [0.2, 0.25) is 0 Å². The zero-order valence-corrected chi connectivity index (χ0v) is 13.0. The third-order valence-corrected chi connectivity index (χ3v) is 5.04. The van der Waals surface area contributed by atoms with Gasteiger partial charge in [-0.2, -0.15) is 11.8 Å². The van der Waals surface area contributed by atoms with Gasteiger partial charge in [-0.3, -0.25) is 4.99 Å². The minimum atomic E-state index is 0.742. The first kappa shape index (κ1) is 15.0. The van der Waals surface area contributed by atoms with E-state index in [1.165, 1.54) is 50.4 Å². The summed E-state index contributed by atoms with van der Waals surface area (Å²) < 4.78 is 0. The molecule has 2 fully saturated rings. The molecule has 2 aliphatic rings. The number of hydrogen-bond donors (Lipinski definition) is 1. The van der Waals surface area contributed by atoms with Gasteiger partial charge in [0, 0.05) is 31.1 Å². The molecule has 0 aliphatic carbocycles. The summed E-state index contributed by atoms with van der Waals surface area (Å²) in [7, 11) is 0. The van der Waals surface area contributed by atoms with Crippen LogP contribution in [0.3, 0.4) is 0 Å². The highest BCUT2D eigenvalue weighted by atomic mass is 32.2. The molecule has 5 heteroatoms. The zero-order valence-electron chi connectivity index (χ0n) is 12.2. The lowest BCUT2D eigenvalue weighted by Crippen LogP contribution is -2.43. The van der Waals surface area contributed by atoms with Crippen molar-refractivity contribution in [2.24, 2.45) is 16.6 Å². The maximum atomic E-state index is 6.10. The Morgan fingerprint density at radius 1 is 1.21 bits per heavy atom. The van der Waals surface area contributed by atoms with Crippen LogP contribution < -0.4 is 5.73 Å². The molecule has 2 heterocycles. The maximum absolute atomic E-state index is 6.10. The van der Waals surface area contributed by atoms with Crippen LogP contribution >= 0.6 is 11.8 Å². The molecule has 0 aromatic rings. The van der Waals surface area contributed by atoms with Crippen molar-refractivity contribution in [3.05, 3.63) is 0 Å². The Balaban J connectivity index is 1.70. The quantitative estimate of drug-likeness (QED) is 0.627. The van der Waals surface area contributed by atoms with Crippen LogP contribution in [0.2, 0.25) is 0 Å². The average Bonchev–Trinajstić information content (AvgIpc) is 2.47. The standard InChI is InChI=1S/C14H28N4S/c1-2-5-17-6-3-13(4-7-17)12-16-14(15)18-8-10-19-11-9-18/h13H,2-12H2,1H3,(H2,15,16). The SMILES string of the molecule is CCCN1CCC(CN=C(N)N2CCSCC2)CC1. The third kappa shape index (κ3) is 4.88. The van der Waals surface area contributed by atoms with Gasteiger partial charge in [-0.15, -0.1) is 0 Å². The summed E-state index contributed by atoms with van der Waals surface area (Å²) in [6.45, 7) is 9.06. The highest BCUT2D eigenvalue weighted by molar-refractivity contribution is 7.99. The molecule has 0 aromatic carbocycles. The van der Waals surface area contributed by atoms with E-state index in [0.29, 0.717) is 0 Å². The number of rotatable bonds is 4. The molecule has 0 radical (unpaired) electrons. The lowest BCUT2D eigenvalue weighted by Gasteiger charge is -2.31. The van der Waals surface area contributed by atoms with Gasteiger partial charge in [-0.25, -0.2) is 0 Å². The fourth-order valence-corrected chi connectivity index (χ4v) is 3.73. The van der Waals surface area contributed by atoms with Gasteiger partial charge in [-0.05, 0) is 44.8 Å². The zero-order chi connectivity index (χ0) is 13.5. The molecule has 0 amide bonds. The van der Waals surface area contributed by atoms with Crippen molar-refractivity contribution >= 4 is 17.7 Å². The minimum absolute atomic E-state index is 0.742. The fraction of sp³-hybridized carbons (Fsp3) is 0.929. The molecule has 0 aromatic heterocycles. The topological polar surface area (TPSA) is 44.9 Å². The van der Waals surface area contributed by atoms with E-state index in [0.717, 1.165) is 31.5 Å². The predicted molar refractivity (Wildman–Crippen MR) is 84.8 cm³/mol. The second-order valence-corrected chi connectivity index (χ2v) is 6.81. The van der Waals surface area contributed by atoms with Crippen LogP contribution in [0.15, 0.2) is 4.99 Å². The first-order chi connectivity index (χ1) is 9.29. The molecular weight excluding hydrogens is 256 g/mol. The van der Waals surface area contributed by atoms with Crippen molar-refractivity contribution in [1.82, 2.24) is 9.80 Å². The summed E-state index contributed by atoms with van der Waals surface area (Å²) in [4.78, 5) is 9.45. The first-order valence-electron chi connectivity index (χ1n) is 7.64. The summed E-state index contributed by atoms with van der Waals surface area (Å²) in [5, 5.41) is 0. The number of nitrogens with zero attached hydrogens (tertiary/aromatic N) is 3. The van der Waals surface area contributed by atoms with Crippen LogP contribution in [0, 0.1) is 5.92 Å². The third-order valence-electron chi connectivity index (χ3n) is 4.09. The van der Waals surface area contributed by atoms with Gasteiger partial charge >= 0.3 is 0 Å². The van der Waals surface area contributed by atoms with E-state index in [1.54, 1.807) is 0 Å². The number of likely N-dealkylation sites (tertiary alicyclic amines) is 1. The molecule has 0 bridgehead atoms. The van der Waals surface area contributed by atoms with Crippen LogP contribution in [0.4, 0.5) is 0 Å². The summed E-state index contributed by atoms with van der Waals surface area (Å²) in [6.07, 6.45) is 3.84. The molecule has 2 aliphatic heterocycles. The molecule has 0 unspecified atom stereocenters. The van der Waals surface area contributed by atoms with Gasteiger partial charge in [0.25, 0.3) is 0 Å². The highest BCUT2D eigenvalue weighted by Gasteiger charge is 2.19. The normalized spacial score (nSPS) is 23.8. The first-order valence-corrected chi connectivity index (χ1v) is 8.80. The second-order valence-electron chi connectivity index (χ2n) is 5.58. The summed E-state index contributed by atoms with van der Waals surface area (Å²) in [5.74, 6) is 3.89. The van der Waals surface area contributed by atoms with E-state index >= 15 is 0 Å². The van der Waals surface area contributed by atoms with Crippen molar-refractivity contribution in [3.63, 3.8) is 0 Å². The Hall–Kier alpha value is -0.420. The van der Waals surface area contributed by atoms with E-state index in [9.17, 15) is 0 Å². The van der Waals surface area contributed by atoms with Crippen LogP contribution in [0.1, 0.15) is 26.2 Å². The lowest BCUT2D eigenvalue weighted by atomic mass is 9.97. The summed E-state index contributed by atoms with van der Waals surface area (Å²) >= 11 is 2.01. The van der Waals surface area contributed by atoms with Crippen LogP contribution in [0.5, 0.6) is 0 Å². The Morgan fingerprint density at radius 3 is 2.53 bits per heavy atom. The van der Waals surface area contributed by atoms with Crippen molar-refractivity contribution < 1.29 is 0 Å². The van der Waals surface area contributed by atoms with Crippen molar-refractivity contribution in [2.75, 3.05) is 50.8 Å². The molecule has 2 saturated heterocycles. The maximum Gasteiger partial charge on any atom is 0.191 e. The fourth-order valence-electron chi connectivity index (χ4n) is 2.82. The molecule has 110 valence electrons. The molecule has 0 atom stereocenters. The van der Waals surface area contributed by atoms with E-state index in [2.05, 4.69) is 21.7 Å². The van der Waals surface area contributed by atoms with Crippen LogP contribution in [0.25, 0.3) is 0 Å². The largest absolute Gasteiger partial charge is 0.370 e. The van der Waals surface area contributed by atoms with Gasteiger partial charge in [0.15, 0.2) is 5.96 Å². The molecule has 2 rings (SSSR count). The minimum Gasteiger partial charge on any atom is -0.370 e. The van der Waals surface area contributed by atoms with Crippen LogP contribution in [-0.2, 0) is 0 Å². The molecular formula is C14H28N4S. The average molecular weight is 284 g/mol. The predicted octanol–water partition coefficient (Wildman–Crippen LogP) is 1.47. The Bertz CT molecular complexity index is 281. The van der Waals surface area contributed by atoms with Gasteiger partial charge < -0.3 is 15.5 Å². The van der Waals surface area contributed by atoms with Crippen molar-refractivity contribution in [2.45, 2.75) is 26.2 Å². The Morgan fingerprint density at radius 2 is 1.89 bits per heavy atom. The van der Waals surface area contributed by atoms with E-state index in [4.69, 9.17) is 5.73 Å². The number of hydrogen-bond acceptors (Lipinski definition) is 3. The second kappa shape index (κ2) is 8.00. The van der Waals surface area contributed by atoms with E-state index in [1.807, 2.05) is 11.8 Å². The number of nitrogens with two attached hydrogens (primary N) is 1. The van der Waals surface area contributed by atoms with Gasteiger partial charge in [-0.1, -0.05) is 6.92 Å². The number of aliphatic imine (C=N–C) groups is 1. The van der Waals surface area contributed by atoms with Gasteiger partial charge in [0.1, 0.15) is 0 Å². The molecule has 0 spiro atoms. The smallest absolute Gasteiger partial charge is 0.191 e.